The molecular weight excluding hydrogens is 306 g/mol. The van der Waals surface area contributed by atoms with E-state index in [0.717, 1.165) is 5.56 Å². The van der Waals surface area contributed by atoms with Crippen molar-refractivity contribution in [2.24, 2.45) is 0 Å². The van der Waals surface area contributed by atoms with Gasteiger partial charge in [-0.2, -0.15) is 0 Å². The fourth-order valence-electron chi connectivity index (χ4n) is 2.32. The van der Waals surface area contributed by atoms with Crippen LogP contribution in [-0.4, -0.2) is 42.1 Å². The van der Waals surface area contributed by atoms with Crippen LogP contribution >= 0.6 is 11.6 Å². The van der Waals surface area contributed by atoms with E-state index in [4.69, 9.17) is 21.1 Å². The lowest BCUT2D eigenvalue weighted by Crippen LogP contribution is -2.33. The second kappa shape index (κ2) is 7.61. The maximum absolute atomic E-state index is 12.0. The van der Waals surface area contributed by atoms with Gasteiger partial charge in [-0.25, -0.2) is 4.79 Å². The fourth-order valence-corrected chi connectivity index (χ4v) is 2.45. The largest absolute Gasteiger partial charge is 0.460 e. The summed E-state index contributed by atoms with van der Waals surface area (Å²) in [6.45, 7) is 5.20. The van der Waals surface area contributed by atoms with Gasteiger partial charge in [0.2, 0.25) is 6.10 Å². The molecular formula is C16H20ClNO4. The standard InChI is InChI=1S/C16H20ClNO4/c1-3-18(9-12-4-6-13(17)7-5-12)10-15(19)22-14-8-11(2)21-16(14)20/h4-7,11,14H,3,8-10H2,1-2H3. The number of esters is 2. The van der Waals surface area contributed by atoms with Crippen molar-refractivity contribution in [1.29, 1.82) is 0 Å². The van der Waals surface area contributed by atoms with Crippen molar-refractivity contribution >= 4 is 23.5 Å². The van der Waals surface area contributed by atoms with E-state index in [2.05, 4.69) is 0 Å². The van der Waals surface area contributed by atoms with Crippen LogP contribution in [0.15, 0.2) is 24.3 Å². The molecule has 1 aromatic rings. The second-order valence-electron chi connectivity index (χ2n) is 5.39. The van der Waals surface area contributed by atoms with Gasteiger partial charge < -0.3 is 9.47 Å². The third kappa shape index (κ3) is 4.71. The molecule has 5 nitrogen and oxygen atoms in total. The molecule has 1 aliphatic rings. The molecule has 0 spiro atoms. The Balaban J connectivity index is 1.85. The molecule has 6 heteroatoms. The van der Waals surface area contributed by atoms with Crippen LogP contribution < -0.4 is 0 Å². The van der Waals surface area contributed by atoms with Gasteiger partial charge in [-0.1, -0.05) is 30.7 Å². The van der Waals surface area contributed by atoms with E-state index in [0.29, 0.717) is 24.5 Å². The Morgan fingerprint density at radius 1 is 1.41 bits per heavy atom. The van der Waals surface area contributed by atoms with Crippen molar-refractivity contribution in [3.63, 3.8) is 0 Å². The number of benzene rings is 1. The molecule has 1 saturated heterocycles. The highest BCUT2D eigenvalue weighted by molar-refractivity contribution is 6.30. The normalized spacial score (nSPS) is 21.0. The van der Waals surface area contributed by atoms with E-state index in [1.165, 1.54) is 0 Å². The van der Waals surface area contributed by atoms with Crippen LogP contribution in [0.3, 0.4) is 0 Å². The second-order valence-corrected chi connectivity index (χ2v) is 5.83. The lowest BCUT2D eigenvalue weighted by molar-refractivity contribution is -0.161. The number of carbonyl (C=O) groups excluding carboxylic acids is 2. The predicted molar refractivity (Wildman–Crippen MR) is 82.5 cm³/mol. The van der Waals surface area contributed by atoms with Gasteiger partial charge in [-0.05, 0) is 31.2 Å². The first-order valence-corrected chi connectivity index (χ1v) is 7.72. The summed E-state index contributed by atoms with van der Waals surface area (Å²) < 4.78 is 10.2. The highest BCUT2D eigenvalue weighted by atomic mass is 35.5. The van der Waals surface area contributed by atoms with Crippen LogP contribution in [0.1, 0.15) is 25.8 Å². The quantitative estimate of drug-likeness (QED) is 0.752. The molecule has 0 saturated carbocycles. The number of rotatable bonds is 6. The SMILES string of the molecule is CCN(CC(=O)OC1CC(C)OC1=O)Cc1ccc(Cl)cc1. The molecule has 1 aromatic carbocycles. The van der Waals surface area contributed by atoms with E-state index in [9.17, 15) is 9.59 Å². The summed E-state index contributed by atoms with van der Waals surface area (Å²) in [7, 11) is 0. The number of halogens is 1. The molecule has 0 aliphatic carbocycles. The van der Waals surface area contributed by atoms with E-state index >= 15 is 0 Å². The van der Waals surface area contributed by atoms with E-state index in [1.54, 1.807) is 6.92 Å². The molecule has 2 rings (SSSR count). The number of carbonyl (C=O) groups is 2. The van der Waals surface area contributed by atoms with E-state index in [1.807, 2.05) is 36.1 Å². The fraction of sp³-hybridized carbons (Fsp3) is 0.500. The third-order valence-corrected chi connectivity index (χ3v) is 3.77. The van der Waals surface area contributed by atoms with E-state index < -0.39 is 18.0 Å². The van der Waals surface area contributed by atoms with Gasteiger partial charge in [0.05, 0.1) is 6.54 Å². The molecule has 1 aliphatic heterocycles. The summed E-state index contributed by atoms with van der Waals surface area (Å²) in [6, 6.07) is 7.48. The summed E-state index contributed by atoms with van der Waals surface area (Å²) >= 11 is 5.86. The van der Waals surface area contributed by atoms with Crippen molar-refractivity contribution in [2.75, 3.05) is 13.1 Å². The van der Waals surface area contributed by atoms with Crippen molar-refractivity contribution in [3.05, 3.63) is 34.9 Å². The van der Waals surface area contributed by atoms with Gasteiger partial charge in [-0.15, -0.1) is 0 Å². The molecule has 0 N–H and O–H groups in total. The monoisotopic (exact) mass is 325 g/mol. The highest BCUT2D eigenvalue weighted by Crippen LogP contribution is 2.17. The van der Waals surface area contributed by atoms with Gasteiger partial charge in [0.15, 0.2) is 0 Å². The minimum atomic E-state index is -0.767. The number of nitrogens with zero attached hydrogens (tertiary/aromatic N) is 1. The Morgan fingerprint density at radius 2 is 2.09 bits per heavy atom. The van der Waals surface area contributed by atoms with Crippen LogP contribution in [0, 0.1) is 0 Å². The Hall–Kier alpha value is -1.59. The maximum Gasteiger partial charge on any atom is 0.347 e. The Kier molecular flexibility index (Phi) is 5.80. The number of likely N-dealkylation sites (N-methyl/N-ethyl adjacent to an activating group) is 1. The lowest BCUT2D eigenvalue weighted by Gasteiger charge is -2.20. The Morgan fingerprint density at radius 3 is 2.64 bits per heavy atom. The minimum absolute atomic E-state index is 0.136. The summed E-state index contributed by atoms with van der Waals surface area (Å²) in [6.07, 6.45) is -0.535. The molecule has 0 aromatic heterocycles. The zero-order valence-electron chi connectivity index (χ0n) is 12.8. The summed E-state index contributed by atoms with van der Waals surface area (Å²) in [5, 5.41) is 0.681. The average molecular weight is 326 g/mol. The maximum atomic E-state index is 12.0. The van der Waals surface area contributed by atoms with Crippen LogP contribution in [-0.2, 0) is 25.6 Å². The van der Waals surface area contributed by atoms with Gasteiger partial charge in [0, 0.05) is 18.0 Å². The molecule has 120 valence electrons. The molecule has 22 heavy (non-hydrogen) atoms. The third-order valence-electron chi connectivity index (χ3n) is 3.52. The Labute approximate surface area is 135 Å². The van der Waals surface area contributed by atoms with Crippen LogP contribution in [0.2, 0.25) is 5.02 Å². The summed E-state index contributed by atoms with van der Waals surface area (Å²) in [5.74, 6) is -0.867. The topological polar surface area (TPSA) is 55.8 Å². The van der Waals surface area contributed by atoms with Gasteiger partial charge in [0.25, 0.3) is 0 Å². The smallest absolute Gasteiger partial charge is 0.347 e. The summed E-state index contributed by atoms with van der Waals surface area (Å²) in [5.41, 5.74) is 1.06. The number of cyclic esters (lactones) is 1. The van der Waals surface area contributed by atoms with Crippen molar-refractivity contribution in [3.8, 4) is 0 Å². The highest BCUT2D eigenvalue weighted by Gasteiger charge is 2.35. The first kappa shape index (κ1) is 16.8. The zero-order chi connectivity index (χ0) is 16.1. The average Bonchev–Trinajstić information content (AvgIpc) is 2.78. The lowest BCUT2D eigenvalue weighted by atomic mass is 10.2. The van der Waals surface area contributed by atoms with Crippen LogP contribution in [0.25, 0.3) is 0 Å². The molecule has 0 amide bonds. The molecule has 1 fully saturated rings. The van der Waals surface area contributed by atoms with E-state index in [-0.39, 0.29) is 12.6 Å². The first-order chi connectivity index (χ1) is 10.5. The minimum Gasteiger partial charge on any atom is -0.460 e. The molecule has 1 heterocycles. The molecule has 2 atom stereocenters. The van der Waals surface area contributed by atoms with Crippen molar-refractivity contribution < 1.29 is 19.1 Å². The first-order valence-electron chi connectivity index (χ1n) is 7.34. The zero-order valence-corrected chi connectivity index (χ0v) is 13.5. The number of hydrogen-bond donors (Lipinski definition) is 0. The van der Waals surface area contributed by atoms with Crippen molar-refractivity contribution in [2.45, 2.75) is 39.0 Å². The predicted octanol–water partition coefficient (Wildman–Crippen LogP) is 2.41. The summed E-state index contributed by atoms with van der Waals surface area (Å²) in [4.78, 5) is 25.4. The van der Waals surface area contributed by atoms with Gasteiger partial charge in [-0.3, -0.25) is 9.69 Å². The Bertz CT molecular complexity index is 531. The number of hydrogen-bond acceptors (Lipinski definition) is 5. The van der Waals surface area contributed by atoms with Gasteiger partial charge >= 0.3 is 11.9 Å². The number of ether oxygens (including phenoxy) is 2. The molecule has 0 radical (unpaired) electrons. The molecule has 2 unspecified atom stereocenters. The van der Waals surface area contributed by atoms with Crippen LogP contribution in [0.4, 0.5) is 0 Å². The van der Waals surface area contributed by atoms with Gasteiger partial charge in [0.1, 0.15) is 6.10 Å². The molecule has 0 bridgehead atoms. The van der Waals surface area contributed by atoms with Crippen molar-refractivity contribution in [1.82, 2.24) is 4.90 Å². The van der Waals surface area contributed by atoms with Crippen LogP contribution in [0.5, 0.6) is 0 Å².